The lowest BCUT2D eigenvalue weighted by Crippen LogP contribution is -2.36. The van der Waals surface area contributed by atoms with E-state index in [0.717, 1.165) is 79.6 Å². The minimum atomic E-state index is -0.317. The van der Waals surface area contributed by atoms with Crippen LogP contribution in [0.4, 0.5) is 4.39 Å². The SMILES string of the molecule is Cn1ccnc1-c1cc(F)ccc1-c1cc(C2CC2)nc(-n2cc(C3CC3)c3cc(CN[C@@H]4CCCOC4)[nH]c3c2=O)c1. The molecule has 2 saturated carbocycles. The number of hydrogen-bond donors (Lipinski definition) is 2. The zero-order valence-corrected chi connectivity index (χ0v) is 24.3. The van der Waals surface area contributed by atoms with Gasteiger partial charge in [0.1, 0.15) is 23.0 Å². The Morgan fingerprint density at radius 2 is 1.93 bits per heavy atom. The zero-order valence-electron chi connectivity index (χ0n) is 24.3. The molecule has 1 aromatic carbocycles. The predicted octanol–water partition coefficient (Wildman–Crippen LogP) is 5.94. The molecule has 0 amide bonds. The second-order valence-corrected chi connectivity index (χ2v) is 12.4. The second-order valence-electron chi connectivity index (χ2n) is 12.4. The van der Waals surface area contributed by atoms with Crippen molar-refractivity contribution >= 4 is 10.9 Å². The molecule has 8 nitrogen and oxygen atoms in total. The van der Waals surface area contributed by atoms with Crippen LogP contribution in [0.15, 0.2) is 59.8 Å². The Morgan fingerprint density at radius 3 is 2.67 bits per heavy atom. The third-order valence-corrected chi connectivity index (χ3v) is 9.07. The van der Waals surface area contributed by atoms with Crippen LogP contribution in [-0.4, -0.2) is 43.3 Å². The maximum Gasteiger partial charge on any atom is 0.280 e. The molecule has 1 atom stereocenters. The molecule has 8 rings (SSSR count). The molecule has 43 heavy (non-hydrogen) atoms. The maximum atomic E-state index is 14.5. The largest absolute Gasteiger partial charge is 0.380 e. The Kier molecular flexibility index (Phi) is 6.53. The molecular formula is C34H35FN6O2. The first-order valence-electron chi connectivity index (χ1n) is 15.4. The first-order valence-corrected chi connectivity index (χ1v) is 15.4. The Bertz CT molecular complexity index is 1890. The number of halogens is 1. The van der Waals surface area contributed by atoms with E-state index in [1.54, 1.807) is 16.8 Å². The number of imidazole rings is 1. The number of hydrogen-bond acceptors (Lipinski definition) is 5. The van der Waals surface area contributed by atoms with Crippen LogP contribution in [0.5, 0.6) is 0 Å². The van der Waals surface area contributed by atoms with E-state index in [4.69, 9.17) is 9.72 Å². The highest BCUT2D eigenvalue weighted by Gasteiger charge is 2.30. The molecular weight excluding hydrogens is 543 g/mol. The summed E-state index contributed by atoms with van der Waals surface area (Å²) in [6.45, 7) is 2.21. The number of aromatic amines is 1. The molecule has 1 aliphatic heterocycles. The number of pyridine rings is 2. The van der Waals surface area contributed by atoms with E-state index >= 15 is 0 Å². The van der Waals surface area contributed by atoms with Crippen molar-refractivity contribution in [3.63, 3.8) is 0 Å². The lowest BCUT2D eigenvalue weighted by atomic mass is 9.98. The zero-order chi connectivity index (χ0) is 29.1. The summed E-state index contributed by atoms with van der Waals surface area (Å²) >= 11 is 0. The summed E-state index contributed by atoms with van der Waals surface area (Å²) in [5.74, 6) is 1.77. The second kappa shape index (κ2) is 10.6. The molecule has 1 saturated heterocycles. The van der Waals surface area contributed by atoms with Crippen molar-refractivity contribution in [2.45, 2.75) is 62.9 Å². The van der Waals surface area contributed by atoms with E-state index in [9.17, 15) is 9.18 Å². The summed E-state index contributed by atoms with van der Waals surface area (Å²) in [7, 11) is 1.90. The summed E-state index contributed by atoms with van der Waals surface area (Å²) in [5, 5.41) is 4.60. The van der Waals surface area contributed by atoms with E-state index in [0.29, 0.717) is 47.1 Å². The van der Waals surface area contributed by atoms with Gasteiger partial charge in [-0.05, 0) is 91.5 Å². The molecule has 0 unspecified atom stereocenters. The van der Waals surface area contributed by atoms with Gasteiger partial charge in [-0.2, -0.15) is 0 Å². The highest BCUT2D eigenvalue weighted by molar-refractivity contribution is 5.85. The summed E-state index contributed by atoms with van der Waals surface area (Å²) in [6, 6.07) is 11.3. The summed E-state index contributed by atoms with van der Waals surface area (Å²) in [4.78, 5) is 27.1. The van der Waals surface area contributed by atoms with Crippen LogP contribution in [0.25, 0.3) is 39.2 Å². The number of rotatable bonds is 8. The fraction of sp³-hybridized carbons (Fsp3) is 0.382. The average molecular weight is 579 g/mol. The van der Waals surface area contributed by atoms with Crippen LogP contribution in [0.1, 0.15) is 67.3 Å². The van der Waals surface area contributed by atoms with Gasteiger partial charge in [-0.3, -0.25) is 9.36 Å². The van der Waals surface area contributed by atoms with E-state index in [2.05, 4.69) is 27.4 Å². The van der Waals surface area contributed by atoms with Gasteiger partial charge in [0, 0.05) is 73.1 Å². The van der Waals surface area contributed by atoms with Crippen molar-refractivity contribution in [1.82, 2.24) is 29.4 Å². The van der Waals surface area contributed by atoms with Crippen molar-refractivity contribution in [1.29, 1.82) is 0 Å². The number of ether oxygens (including phenoxy) is 1. The lowest BCUT2D eigenvalue weighted by Gasteiger charge is -2.22. The molecule has 9 heteroatoms. The number of nitrogens with one attached hydrogen (secondary N) is 2. The van der Waals surface area contributed by atoms with Gasteiger partial charge in [0.05, 0.1) is 6.61 Å². The number of fused-ring (bicyclic) bond motifs is 1. The molecule has 2 N–H and O–H groups in total. The van der Waals surface area contributed by atoms with Crippen LogP contribution in [0.2, 0.25) is 0 Å². The fourth-order valence-electron chi connectivity index (χ4n) is 6.42. The monoisotopic (exact) mass is 578 g/mol. The van der Waals surface area contributed by atoms with Crippen LogP contribution in [-0.2, 0) is 18.3 Å². The van der Waals surface area contributed by atoms with Gasteiger partial charge < -0.3 is 19.6 Å². The van der Waals surface area contributed by atoms with Crippen molar-refractivity contribution < 1.29 is 9.13 Å². The highest BCUT2D eigenvalue weighted by Crippen LogP contribution is 2.44. The highest BCUT2D eigenvalue weighted by atomic mass is 19.1. The third-order valence-electron chi connectivity index (χ3n) is 9.07. The number of aryl methyl sites for hydroxylation is 1. The minimum Gasteiger partial charge on any atom is -0.380 e. The van der Waals surface area contributed by atoms with Crippen LogP contribution in [0.3, 0.4) is 0 Å². The van der Waals surface area contributed by atoms with Gasteiger partial charge in [-0.25, -0.2) is 14.4 Å². The van der Waals surface area contributed by atoms with Crippen molar-refractivity contribution in [3.8, 4) is 28.3 Å². The molecule has 0 spiro atoms. The van der Waals surface area contributed by atoms with Crippen LogP contribution >= 0.6 is 0 Å². The molecule has 3 fully saturated rings. The standard InChI is InChI=1S/C34H35FN6O2/c1-40-11-10-36-33(40)28-15-23(35)8-9-26(28)22-13-30(21-6-7-21)39-31(14-22)41-18-29(20-4-5-20)27-16-25(38-32(27)34(41)42)17-37-24-3-2-12-43-19-24/h8-11,13-16,18,20-21,24,37-38H,2-7,12,17,19H2,1H3/t24-/m1/s1. The maximum absolute atomic E-state index is 14.5. The summed E-state index contributed by atoms with van der Waals surface area (Å²) in [5.41, 5.74) is 6.13. The number of nitrogens with zero attached hydrogens (tertiary/aromatic N) is 4. The molecule has 0 radical (unpaired) electrons. The molecule has 5 heterocycles. The van der Waals surface area contributed by atoms with E-state index in [1.807, 2.05) is 30.1 Å². The number of H-pyrrole nitrogens is 1. The van der Waals surface area contributed by atoms with E-state index in [-0.39, 0.29) is 11.4 Å². The Morgan fingerprint density at radius 1 is 1.07 bits per heavy atom. The van der Waals surface area contributed by atoms with Gasteiger partial charge in [-0.15, -0.1) is 0 Å². The molecule has 5 aromatic rings. The molecule has 4 aromatic heterocycles. The van der Waals surface area contributed by atoms with Gasteiger partial charge in [0.25, 0.3) is 5.56 Å². The van der Waals surface area contributed by atoms with Crippen molar-refractivity contribution in [2.75, 3.05) is 13.2 Å². The quantitative estimate of drug-likeness (QED) is 0.238. The smallest absolute Gasteiger partial charge is 0.280 e. The molecule has 220 valence electrons. The molecule has 2 aliphatic carbocycles. The Balaban J connectivity index is 1.24. The van der Waals surface area contributed by atoms with Gasteiger partial charge in [-0.1, -0.05) is 6.07 Å². The van der Waals surface area contributed by atoms with Gasteiger partial charge in [0.2, 0.25) is 0 Å². The fourth-order valence-corrected chi connectivity index (χ4v) is 6.42. The van der Waals surface area contributed by atoms with Crippen LogP contribution in [0, 0.1) is 5.82 Å². The summed E-state index contributed by atoms with van der Waals surface area (Å²) < 4.78 is 23.8. The topological polar surface area (TPSA) is 89.8 Å². The lowest BCUT2D eigenvalue weighted by molar-refractivity contribution is 0.0698. The third kappa shape index (κ3) is 5.10. The predicted molar refractivity (Wildman–Crippen MR) is 164 cm³/mol. The average Bonchev–Trinajstić information content (AvgIpc) is 3.96. The Labute approximate surface area is 248 Å². The number of aromatic nitrogens is 5. The molecule has 3 aliphatic rings. The van der Waals surface area contributed by atoms with Crippen molar-refractivity contribution in [2.24, 2.45) is 7.05 Å². The first-order chi connectivity index (χ1) is 21.0. The normalized spacial score (nSPS) is 18.9. The first kappa shape index (κ1) is 26.5. The molecule has 0 bridgehead atoms. The number of benzene rings is 1. The van der Waals surface area contributed by atoms with E-state index < -0.39 is 0 Å². The summed E-state index contributed by atoms with van der Waals surface area (Å²) in [6.07, 6.45) is 12.1. The van der Waals surface area contributed by atoms with Crippen LogP contribution < -0.4 is 10.9 Å². The van der Waals surface area contributed by atoms with E-state index in [1.165, 1.54) is 17.7 Å². The minimum absolute atomic E-state index is 0.110. The van der Waals surface area contributed by atoms with Crippen molar-refractivity contribution in [3.05, 3.63) is 88.1 Å². The Hall–Kier alpha value is -4.08. The van der Waals surface area contributed by atoms with Gasteiger partial charge in [0.15, 0.2) is 0 Å². The van der Waals surface area contributed by atoms with Gasteiger partial charge >= 0.3 is 0 Å².